The number of hydrogen-bond donors (Lipinski definition) is 2. The van der Waals surface area contributed by atoms with Crippen LogP contribution in [0.1, 0.15) is 36.5 Å². The van der Waals surface area contributed by atoms with Gasteiger partial charge in [-0.15, -0.1) is 0 Å². The van der Waals surface area contributed by atoms with Crippen molar-refractivity contribution in [3.8, 4) is 11.6 Å². The number of rotatable bonds is 7. The molecule has 0 spiro atoms. The predicted octanol–water partition coefficient (Wildman–Crippen LogP) is 4.79. The number of hydrogen-bond acceptors (Lipinski definition) is 5. The van der Waals surface area contributed by atoms with Crippen LogP contribution >= 0.6 is 0 Å². The highest BCUT2D eigenvalue weighted by Crippen LogP contribution is 2.30. The molecule has 2 N–H and O–H groups in total. The lowest BCUT2D eigenvalue weighted by atomic mass is 10.1. The molecule has 2 aliphatic carbocycles. The maximum atomic E-state index is 12.1. The molecular formula is C25H24N4O2. The maximum Gasteiger partial charge on any atom is 0.230 e. The van der Waals surface area contributed by atoms with E-state index in [9.17, 15) is 4.79 Å². The van der Waals surface area contributed by atoms with Crippen molar-refractivity contribution in [3.05, 3.63) is 77.0 Å². The molecule has 3 aromatic rings. The number of ether oxygens (including phenoxy) is 1. The first-order chi connectivity index (χ1) is 15.1. The standard InChI is InChI=1S/C25H24N4O2/c1-16-11-18-5-8-22(15-19(18)12-16)31-24-9-10-26-25(29-24)28-21-4-2-3-17(13-21)14-23(30)27-20-6-7-20/h2-5,8-10,12-13,15,20H,6-7,11,14H2,1H3,(H,27,30)(H,26,28,29). The molecule has 1 aromatic heterocycles. The fraction of sp³-hybridized carbons (Fsp3) is 0.240. The molecule has 0 bridgehead atoms. The number of aromatic nitrogens is 2. The summed E-state index contributed by atoms with van der Waals surface area (Å²) in [6, 6.07) is 15.9. The van der Waals surface area contributed by atoms with Crippen LogP contribution in [0, 0.1) is 0 Å². The minimum atomic E-state index is 0.0608. The second-order valence-corrected chi connectivity index (χ2v) is 8.19. The van der Waals surface area contributed by atoms with Gasteiger partial charge in [0.15, 0.2) is 0 Å². The number of carbonyl (C=O) groups is 1. The van der Waals surface area contributed by atoms with Gasteiger partial charge in [0.25, 0.3) is 0 Å². The molecule has 1 fully saturated rings. The Morgan fingerprint density at radius 1 is 1.16 bits per heavy atom. The predicted molar refractivity (Wildman–Crippen MR) is 120 cm³/mol. The Kier molecular flexibility index (Phi) is 5.12. The van der Waals surface area contributed by atoms with E-state index >= 15 is 0 Å². The number of allylic oxidation sites excluding steroid dienone is 1. The minimum absolute atomic E-state index is 0.0608. The molecule has 31 heavy (non-hydrogen) atoms. The summed E-state index contributed by atoms with van der Waals surface area (Å²) in [5.74, 6) is 1.72. The van der Waals surface area contributed by atoms with E-state index in [-0.39, 0.29) is 5.91 Å². The second-order valence-electron chi connectivity index (χ2n) is 8.19. The number of amides is 1. The van der Waals surface area contributed by atoms with Crippen LogP contribution in [0.5, 0.6) is 11.6 Å². The average molecular weight is 412 g/mol. The van der Waals surface area contributed by atoms with E-state index in [1.54, 1.807) is 12.3 Å². The Hall–Kier alpha value is -3.67. The maximum absolute atomic E-state index is 12.1. The molecule has 0 saturated heterocycles. The third-order valence-corrected chi connectivity index (χ3v) is 5.33. The van der Waals surface area contributed by atoms with Crippen molar-refractivity contribution in [1.82, 2.24) is 15.3 Å². The normalized spacial score (nSPS) is 14.5. The lowest BCUT2D eigenvalue weighted by Gasteiger charge is -2.10. The zero-order chi connectivity index (χ0) is 21.2. The van der Waals surface area contributed by atoms with E-state index < -0.39 is 0 Å². The Balaban J connectivity index is 1.26. The van der Waals surface area contributed by atoms with Crippen LogP contribution in [-0.4, -0.2) is 21.9 Å². The molecule has 0 aliphatic heterocycles. The van der Waals surface area contributed by atoms with Gasteiger partial charge in [0, 0.05) is 24.0 Å². The molecular weight excluding hydrogens is 388 g/mol. The number of benzene rings is 2. The lowest BCUT2D eigenvalue weighted by molar-refractivity contribution is -0.120. The lowest BCUT2D eigenvalue weighted by Crippen LogP contribution is -2.26. The fourth-order valence-electron chi connectivity index (χ4n) is 3.71. The Morgan fingerprint density at radius 2 is 2.06 bits per heavy atom. The van der Waals surface area contributed by atoms with Gasteiger partial charge in [-0.05, 0) is 67.1 Å². The number of nitrogens with zero attached hydrogens (tertiary/aromatic N) is 2. The van der Waals surface area contributed by atoms with Gasteiger partial charge < -0.3 is 15.4 Å². The van der Waals surface area contributed by atoms with Gasteiger partial charge in [0.1, 0.15) is 5.75 Å². The van der Waals surface area contributed by atoms with Gasteiger partial charge in [0.05, 0.1) is 6.42 Å². The van der Waals surface area contributed by atoms with Crippen molar-refractivity contribution in [3.63, 3.8) is 0 Å². The van der Waals surface area contributed by atoms with Crippen LogP contribution in [0.3, 0.4) is 0 Å². The van der Waals surface area contributed by atoms with E-state index in [0.29, 0.717) is 24.3 Å². The summed E-state index contributed by atoms with van der Waals surface area (Å²) < 4.78 is 5.96. The zero-order valence-corrected chi connectivity index (χ0v) is 17.4. The van der Waals surface area contributed by atoms with Crippen LogP contribution in [0.2, 0.25) is 0 Å². The molecule has 2 aromatic carbocycles. The summed E-state index contributed by atoms with van der Waals surface area (Å²) in [6.45, 7) is 2.14. The van der Waals surface area contributed by atoms with E-state index in [0.717, 1.165) is 36.3 Å². The Morgan fingerprint density at radius 3 is 2.94 bits per heavy atom. The number of anilines is 2. The van der Waals surface area contributed by atoms with Gasteiger partial charge in [0.2, 0.25) is 17.7 Å². The van der Waals surface area contributed by atoms with Crippen LogP contribution in [0.25, 0.3) is 6.08 Å². The molecule has 6 nitrogen and oxygen atoms in total. The van der Waals surface area contributed by atoms with Crippen LogP contribution in [-0.2, 0) is 17.6 Å². The van der Waals surface area contributed by atoms with Crippen molar-refractivity contribution >= 4 is 23.6 Å². The van der Waals surface area contributed by atoms with Gasteiger partial charge in [-0.2, -0.15) is 4.98 Å². The van der Waals surface area contributed by atoms with Gasteiger partial charge in [-0.3, -0.25) is 4.79 Å². The minimum Gasteiger partial charge on any atom is -0.439 e. The van der Waals surface area contributed by atoms with E-state index in [2.05, 4.69) is 39.7 Å². The van der Waals surface area contributed by atoms with Crippen LogP contribution in [0.4, 0.5) is 11.6 Å². The van der Waals surface area contributed by atoms with Crippen LogP contribution in [0.15, 0.2) is 60.3 Å². The first-order valence-corrected chi connectivity index (χ1v) is 10.6. The zero-order valence-electron chi connectivity index (χ0n) is 17.4. The van der Waals surface area contributed by atoms with E-state index in [4.69, 9.17) is 4.74 Å². The summed E-state index contributed by atoms with van der Waals surface area (Å²) in [5, 5.41) is 6.22. The number of fused-ring (bicyclic) bond motifs is 1. The highest BCUT2D eigenvalue weighted by molar-refractivity contribution is 5.79. The number of carbonyl (C=O) groups excluding carboxylic acids is 1. The highest BCUT2D eigenvalue weighted by atomic mass is 16.5. The topological polar surface area (TPSA) is 76.1 Å². The van der Waals surface area contributed by atoms with Crippen molar-refractivity contribution in [1.29, 1.82) is 0 Å². The number of nitrogens with one attached hydrogen (secondary N) is 2. The largest absolute Gasteiger partial charge is 0.439 e. The fourth-order valence-corrected chi connectivity index (χ4v) is 3.71. The third-order valence-electron chi connectivity index (χ3n) is 5.33. The molecule has 156 valence electrons. The molecule has 1 saturated carbocycles. The molecule has 0 atom stereocenters. The molecule has 1 heterocycles. The molecule has 2 aliphatic rings. The Labute approximate surface area is 181 Å². The monoisotopic (exact) mass is 412 g/mol. The van der Waals surface area contributed by atoms with E-state index in [1.807, 2.05) is 36.4 Å². The quantitative estimate of drug-likeness (QED) is 0.583. The summed E-state index contributed by atoms with van der Waals surface area (Å²) in [4.78, 5) is 20.8. The van der Waals surface area contributed by atoms with Crippen LogP contribution < -0.4 is 15.4 Å². The van der Waals surface area contributed by atoms with Gasteiger partial charge >= 0.3 is 0 Å². The first-order valence-electron chi connectivity index (χ1n) is 10.6. The summed E-state index contributed by atoms with van der Waals surface area (Å²) in [7, 11) is 0. The van der Waals surface area contributed by atoms with E-state index in [1.165, 1.54) is 16.7 Å². The summed E-state index contributed by atoms with van der Waals surface area (Å²) in [5.41, 5.74) is 5.64. The average Bonchev–Trinajstić information content (AvgIpc) is 3.46. The summed E-state index contributed by atoms with van der Waals surface area (Å²) in [6.07, 6.45) is 7.39. The molecule has 0 unspecified atom stereocenters. The van der Waals surface area contributed by atoms with Gasteiger partial charge in [-0.25, -0.2) is 4.98 Å². The third kappa shape index (κ3) is 4.91. The molecule has 1 amide bonds. The summed E-state index contributed by atoms with van der Waals surface area (Å²) >= 11 is 0. The molecule has 5 rings (SSSR count). The van der Waals surface area contributed by atoms with Crippen molar-refractivity contribution in [2.75, 3.05) is 5.32 Å². The van der Waals surface area contributed by atoms with Crippen molar-refractivity contribution in [2.45, 2.75) is 38.6 Å². The highest BCUT2D eigenvalue weighted by Gasteiger charge is 2.23. The van der Waals surface area contributed by atoms with Gasteiger partial charge in [-0.1, -0.05) is 29.8 Å². The first kappa shape index (κ1) is 19.3. The van der Waals surface area contributed by atoms with Crippen molar-refractivity contribution in [2.24, 2.45) is 0 Å². The Bertz CT molecular complexity index is 1170. The van der Waals surface area contributed by atoms with Crippen molar-refractivity contribution < 1.29 is 9.53 Å². The SMILES string of the molecule is CC1=Cc2cc(Oc3ccnc(Nc4cccc(CC(=O)NC5CC5)c4)n3)ccc2C1. The second kappa shape index (κ2) is 8.22. The molecule has 6 heteroatoms. The molecule has 0 radical (unpaired) electrons. The smallest absolute Gasteiger partial charge is 0.230 e.